The number of aromatic nitrogens is 1. The van der Waals surface area contributed by atoms with Crippen LogP contribution in [0.15, 0.2) is 24.3 Å². The van der Waals surface area contributed by atoms with Crippen molar-refractivity contribution in [3.05, 3.63) is 34.8 Å². The molecule has 3 heteroatoms. The molecular formula is C16H20N3+. The molecule has 3 atom stereocenters. The molecule has 2 aromatic rings. The van der Waals surface area contributed by atoms with Gasteiger partial charge in [-0.1, -0.05) is 18.2 Å². The summed E-state index contributed by atoms with van der Waals surface area (Å²) in [6, 6.07) is 9.17. The Hall–Kier alpha value is -1.58. The van der Waals surface area contributed by atoms with E-state index in [-0.39, 0.29) is 0 Å². The molecule has 4 rings (SSSR count). The fraction of sp³-hybridized carbons (Fsp3) is 0.375. The van der Waals surface area contributed by atoms with Gasteiger partial charge in [0.15, 0.2) is 0 Å². The largest absolute Gasteiger partial charge is 0.350 e. The van der Waals surface area contributed by atoms with Crippen LogP contribution in [0, 0.1) is 0 Å². The first-order valence-electron chi connectivity index (χ1n) is 7.18. The van der Waals surface area contributed by atoms with E-state index in [9.17, 15) is 0 Å². The first kappa shape index (κ1) is 11.3. The van der Waals surface area contributed by atoms with Crippen LogP contribution in [0.25, 0.3) is 22.7 Å². The molecule has 0 spiro atoms. The van der Waals surface area contributed by atoms with E-state index in [2.05, 4.69) is 54.5 Å². The third-order valence-electron chi connectivity index (χ3n) is 4.60. The molecule has 0 amide bonds. The number of quaternary nitrogens is 1. The van der Waals surface area contributed by atoms with Crippen LogP contribution >= 0.6 is 0 Å². The SMILES string of the molecule is CC1C=c2c([nH]c3ccccc23)=C2CCNC(C)[NH+]21. The summed E-state index contributed by atoms with van der Waals surface area (Å²) in [6.07, 6.45) is 4.06. The Balaban J connectivity index is 2.11. The smallest absolute Gasteiger partial charge is 0.143 e. The average molecular weight is 254 g/mol. The standard InChI is InChI=1S/C16H19N3/c1-10-9-13-12-5-3-4-6-14(12)18-16(13)15-7-8-17-11(2)19(10)15/h3-6,9-11,17-18H,7-8H2,1-2H3/p+1. The van der Waals surface area contributed by atoms with E-state index in [0.717, 1.165) is 13.0 Å². The van der Waals surface area contributed by atoms with Crippen molar-refractivity contribution in [2.75, 3.05) is 6.54 Å². The van der Waals surface area contributed by atoms with Crippen LogP contribution in [0.3, 0.4) is 0 Å². The summed E-state index contributed by atoms with van der Waals surface area (Å²) in [5.41, 5.74) is 2.81. The summed E-state index contributed by atoms with van der Waals surface area (Å²) in [6.45, 7) is 5.69. The van der Waals surface area contributed by atoms with Crippen LogP contribution in [-0.2, 0) is 0 Å². The van der Waals surface area contributed by atoms with Crippen LogP contribution in [0.5, 0.6) is 0 Å². The van der Waals surface area contributed by atoms with Crippen LogP contribution in [0.1, 0.15) is 20.3 Å². The summed E-state index contributed by atoms with van der Waals surface area (Å²) in [7, 11) is 0. The maximum absolute atomic E-state index is 3.64. The highest BCUT2D eigenvalue weighted by Gasteiger charge is 2.33. The molecule has 3 nitrogen and oxygen atoms in total. The molecule has 0 bridgehead atoms. The molecule has 3 heterocycles. The fourth-order valence-corrected chi connectivity index (χ4v) is 3.78. The number of nitrogens with one attached hydrogen (secondary N) is 3. The van der Waals surface area contributed by atoms with Crippen molar-refractivity contribution in [1.82, 2.24) is 10.3 Å². The molecule has 98 valence electrons. The van der Waals surface area contributed by atoms with Crippen molar-refractivity contribution in [3.8, 4) is 0 Å². The van der Waals surface area contributed by atoms with Gasteiger partial charge in [-0.3, -0.25) is 10.2 Å². The number of rotatable bonds is 0. The molecule has 2 aliphatic rings. The first-order chi connectivity index (χ1) is 9.25. The fourth-order valence-electron chi connectivity index (χ4n) is 3.78. The quantitative estimate of drug-likeness (QED) is 0.592. The predicted molar refractivity (Wildman–Crippen MR) is 77.9 cm³/mol. The van der Waals surface area contributed by atoms with Crippen molar-refractivity contribution in [3.63, 3.8) is 0 Å². The molecule has 1 aromatic heterocycles. The molecule has 2 aliphatic heterocycles. The third kappa shape index (κ3) is 1.52. The van der Waals surface area contributed by atoms with Gasteiger partial charge in [-0.15, -0.1) is 0 Å². The second-order valence-corrected chi connectivity index (χ2v) is 5.77. The molecule has 1 aromatic carbocycles. The van der Waals surface area contributed by atoms with Crippen LogP contribution in [0.2, 0.25) is 0 Å². The Labute approximate surface area is 112 Å². The molecule has 0 radical (unpaired) electrons. The van der Waals surface area contributed by atoms with Crippen molar-refractivity contribution in [2.45, 2.75) is 32.5 Å². The minimum absolute atomic E-state index is 0.495. The van der Waals surface area contributed by atoms with E-state index in [1.54, 1.807) is 10.6 Å². The van der Waals surface area contributed by atoms with Gasteiger partial charge in [0.05, 0.1) is 0 Å². The first-order valence-corrected chi connectivity index (χ1v) is 7.18. The van der Waals surface area contributed by atoms with Crippen molar-refractivity contribution < 1.29 is 4.90 Å². The van der Waals surface area contributed by atoms with Gasteiger partial charge in [-0.2, -0.15) is 0 Å². The second-order valence-electron chi connectivity index (χ2n) is 5.77. The topological polar surface area (TPSA) is 32.3 Å². The number of benzene rings is 1. The molecule has 0 saturated carbocycles. The monoisotopic (exact) mass is 254 g/mol. The number of hydrogen-bond donors (Lipinski definition) is 3. The summed E-state index contributed by atoms with van der Waals surface area (Å²) in [4.78, 5) is 5.21. The van der Waals surface area contributed by atoms with Crippen LogP contribution in [0.4, 0.5) is 0 Å². The number of fused-ring (bicyclic) bond motifs is 4. The predicted octanol–water partition coefficient (Wildman–Crippen LogP) is -0.317. The lowest BCUT2D eigenvalue weighted by atomic mass is 10.0. The molecule has 1 fully saturated rings. The zero-order valence-electron chi connectivity index (χ0n) is 11.5. The van der Waals surface area contributed by atoms with Crippen LogP contribution < -0.4 is 20.8 Å². The Bertz CT molecular complexity index is 756. The van der Waals surface area contributed by atoms with Crippen molar-refractivity contribution >= 4 is 22.7 Å². The Kier molecular flexibility index (Phi) is 2.34. The number of hydrogen-bond acceptors (Lipinski definition) is 1. The second kappa shape index (κ2) is 3.95. The minimum atomic E-state index is 0.495. The molecular weight excluding hydrogens is 234 g/mol. The highest BCUT2D eigenvalue weighted by Crippen LogP contribution is 2.08. The van der Waals surface area contributed by atoms with E-state index >= 15 is 0 Å². The highest BCUT2D eigenvalue weighted by molar-refractivity contribution is 5.81. The van der Waals surface area contributed by atoms with Crippen LogP contribution in [-0.4, -0.2) is 23.7 Å². The van der Waals surface area contributed by atoms with E-state index in [4.69, 9.17) is 0 Å². The summed E-state index contributed by atoms with van der Waals surface area (Å²) in [5, 5.41) is 7.72. The maximum Gasteiger partial charge on any atom is 0.143 e. The third-order valence-corrected chi connectivity index (χ3v) is 4.60. The normalized spacial score (nSPS) is 29.8. The van der Waals surface area contributed by atoms with E-state index in [0.29, 0.717) is 12.2 Å². The van der Waals surface area contributed by atoms with Crippen molar-refractivity contribution in [1.29, 1.82) is 0 Å². The van der Waals surface area contributed by atoms with E-state index in [1.807, 2.05) is 0 Å². The average Bonchev–Trinajstić information content (AvgIpc) is 2.78. The van der Waals surface area contributed by atoms with Gasteiger partial charge in [0, 0.05) is 36.0 Å². The molecule has 3 unspecified atom stereocenters. The zero-order chi connectivity index (χ0) is 13.0. The summed E-state index contributed by atoms with van der Waals surface area (Å²) in [5.74, 6) is 0. The summed E-state index contributed by atoms with van der Waals surface area (Å²) < 4.78 is 0. The summed E-state index contributed by atoms with van der Waals surface area (Å²) >= 11 is 0. The Morgan fingerprint density at radius 3 is 2.95 bits per heavy atom. The minimum Gasteiger partial charge on any atom is -0.350 e. The molecule has 3 N–H and O–H groups in total. The van der Waals surface area contributed by atoms with Gasteiger partial charge in [-0.05, 0) is 19.1 Å². The zero-order valence-corrected chi connectivity index (χ0v) is 11.5. The van der Waals surface area contributed by atoms with E-state index in [1.165, 1.54) is 21.5 Å². The van der Waals surface area contributed by atoms with Gasteiger partial charge in [0.25, 0.3) is 0 Å². The highest BCUT2D eigenvalue weighted by atomic mass is 15.3. The lowest BCUT2D eigenvalue weighted by Gasteiger charge is -2.36. The van der Waals surface area contributed by atoms with Gasteiger partial charge in [-0.25, -0.2) is 0 Å². The lowest BCUT2D eigenvalue weighted by Crippen LogP contribution is -3.20. The number of para-hydroxylation sites is 1. The molecule has 1 saturated heterocycles. The molecule has 19 heavy (non-hydrogen) atoms. The van der Waals surface area contributed by atoms with Gasteiger partial charge >= 0.3 is 0 Å². The van der Waals surface area contributed by atoms with Gasteiger partial charge < -0.3 is 4.98 Å². The Morgan fingerprint density at radius 1 is 1.21 bits per heavy atom. The lowest BCUT2D eigenvalue weighted by molar-refractivity contribution is -0.877. The van der Waals surface area contributed by atoms with Crippen molar-refractivity contribution in [2.24, 2.45) is 0 Å². The molecule has 0 aliphatic carbocycles. The maximum atomic E-state index is 3.64. The van der Waals surface area contributed by atoms with Gasteiger partial charge in [0.1, 0.15) is 23.3 Å². The van der Waals surface area contributed by atoms with E-state index < -0.39 is 0 Å². The Morgan fingerprint density at radius 2 is 2.05 bits per heavy atom. The number of H-pyrrole nitrogens is 1. The van der Waals surface area contributed by atoms with Gasteiger partial charge in [0.2, 0.25) is 0 Å². The number of aromatic amines is 1.